The van der Waals surface area contributed by atoms with E-state index >= 15 is 0 Å². The Morgan fingerprint density at radius 1 is 0.833 bits per heavy atom. The highest BCUT2D eigenvalue weighted by Gasteiger charge is 2.31. The highest BCUT2D eigenvalue weighted by Crippen LogP contribution is 2.29. The Morgan fingerprint density at radius 3 is 2.14 bits per heavy atom. The predicted octanol–water partition coefficient (Wildman–Crippen LogP) is 5.32. The van der Waals surface area contributed by atoms with Crippen molar-refractivity contribution in [2.24, 2.45) is 0 Å². The van der Waals surface area contributed by atoms with E-state index in [1.165, 1.54) is 0 Å². The van der Waals surface area contributed by atoms with Crippen molar-refractivity contribution in [2.75, 3.05) is 20.8 Å². The van der Waals surface area contributed by atoms with Crippen molar-refractivity contribution >= 4 is 11.8 Å². The number of nitrogens with one attached hydrogen (secondary N) is 1. The summed E-state index contributed by atoms with van der Waals surface area (Å²) in [6.45, 7) is 3.02. The molecular formula is C30H36N2O4. The molecule has 0 heterocycles. The zero-order chi connectivity index (χ0) is 25.8. The van der Waals surface area contributed by atoms with Crippen LogP contribution in [0.5, 0.6) is 11.5 Å². The van der Waals surface area contributed by atoms with Gasteiger partial charge in [0.1, 0.15) is 6.04 Å². The molecule has 3 aromatic carbocycles. The molecule has 36 heavy (non-hydrogen) atoms. The third-order valence-electron chi connectivity index (χ3n) is 6.07. The van der Waals surface area contributed by atoms with Gasteiger partial charge in [-0.05, 0) is 35.2 Å². The SMILES string of the molecule is CCCCCNC(=O)[C@@H](c1ccccc1)N(Cc1ccccc1)C(=O)Cc1ccc(OC)c(OC)c1. The molecule has 0 bridgehead atoms. The fourth-order valence-corrected chi connectivity index (χ4v) is 4.16. The summed E-state index contributed by atoms with van der Waals surface area (Å²) in [6.07, 6.45) is 3.14. The maximum atomic E-state index is 13.8. The van der Waals surface area contributed by atoms with Gasteiger partial charge in [0.2, 0.25) is 11.8 Å². The zero-order valence-corrected chi connectivity index (χ0v) is 21.4. The molecular weight excluding hydrogens is 452 g/mol. The number of carbonyl (C=O) groups is 2. The van der Waals surface area contributed by atoms with Crippen LogP contribution in [0.25, 0.3) is 0 Å². The number of amides is 2. The van der Waals surface area contributed by atoms with Gasteiger partial charge in [-0.1, -0.05) is 86.5 Å². The van der Waals surface area contributed by atoms with Crippen LogP contribution in [0.15, 0.2) is 78.9 Å². The maximum absolute atomic E-state index is 13.8. The molecule has 1 N–H and O–H groups in total. The van der Waals surface area contributed by atoms with Crippen LogP contribution in [-0.4, -0.2) is 37.5 Å². The van der Waals surface area contributed by atoms with E-state index in [4.69, 9.17) is 9.47 Å². The van der Waals surface area contributed by atoms with Crippen LogP contribution in [0.4, 0.5) is 0 Å². The summed E-state index contributed by atoms with van der Waals surface area (Å²) in [4.78, 5) is 29.1. The van der Waals surface area contributed by atoms with Crippen molar-refractivity contribution in [3.8, 4) is 11.5 Å². The van der Waals surface area contributed by atoms with Gasteiger partial charge in [-0.15, -0.1) is 0 Å². The number of carbonyl (C=O) groups excluding carboxylic acids is 2. The number of unbranched alkanes of at least 4 members (excludes halogenated alkanes) is 2. The van der Waals surface area contributed by atoms with Crippen molar-refractivity contribution in [2.45, 2.75) is 45.2 Å². The van der Waals surface area contributed by atoms with Gasteiger partial charge >= 0.3 is 0 Å². The second-order valence-corrected chi connectivity index (χ2v) is 8.68. The molecule has 3 rings (SSSR count). The molecule has 0 saturated heterocycles. The van der Waals surface area contributed by atoms with Crippen molar-refractivity contribution < 1.29 is 19.1 Å². The van der Waals surface area contributed by atoms with Gasteiger partial charge in [0, 0.05) is 13.1 Å². The number of benzene rings is 3. The molecule has 0 fully saturated rings. The van der Waals surface area contributed by atoms with Gasteiger partial charge in [-0.2, -0.15) is 0 Å². The highest BCUT2D eigenvalue weighted by molar-refractivity contribution is 5.89. The lowest BCUT2D eigenvalue weighted by atomic mass is 10.0. The first-order valence-corrected chi connectivity index (χ1v) is 12.4. The van der Waals surface area contributed by atoms with Gasteiger partial charge < -0.3 is 19.7 Å². The number of hydrogen-bond donors (Lipinski definition) is 1. The molecule has 0 saturated carbocycles. The Morgan fingerprint density at radius 2 is 1.50 bits per heavy atom. The summed E-state index contributed by atoms with van der Waals surface area (Å²) >= 11 is 0. The number of hydrogen-bond acceptors (Lipinski definition) is 4. The van der Waals surface area contributed by atoms with Crippen LogP contribution >= 0.6 is 0 Å². The molecule has 1 atom stereocenters. The van der Waals surface area contributed by atoms with E-state index in [2.05, 4.69) is 12.2 Å². The Kier molecular flexibility index (Phi) is 10.4. The average Bonchev–Trinajstić information content (AvgIpc) is 2.91. The summed E-state index contributed by atoms with van der Waals surface area (Å²) < 4.78 is 10.8. The van der Waals surface area contributed by atoms with Crippen molar-refractivity contribution in [1.82, 2.24) is 10.2 Å². The minimum absolute atomic E-state index is 0.125. The average molecular weight is 489 g/mol. The first-order valence-electron chi connectivity index (χ1n) is 12.4. The van der Waals surface area contributed by atoms with Crippen LogP contribution in [0.2, 0.25) is 0 Å². The van der Waals surface area contributed by atoms with E-state index in [1.807, 2.05) is 66.7 Å². The fraction of sp³-hybridized carbons (Fsp3) is 0.333. The second kappa shape index (κ2) is 13.9. The number of rotatable bonds is 13. The van der Waals surface area contributed by atoms with Crippen LogP contribution in [0.1, 0.15) is 48.9 Å². The number of methoxy groups -OCH3 is 2. The van der Waals surface area contributed by atoms with Gasteiger partial charge in [-0.3, -0.25) is 9.59 Å². The Labute approximate surface area is 214 Å². The standard InChI is InChI=1S/C30H36N2O4/c1-4-5-12-19-31-30(34)29(25-15-10-7-11-16-25)32(22-23-13-8-6-9-14-23)28(33)21-24-17-18-26(35-2)27(20-24)36-3/h6-11,13-18,20,29H,4-5,12,19,21-22H2,1-3H3,(H,31,34)/t29-/m1/s1. The first-order chi connectivity index (χ1) is 17.6. The number of ether oxygens (including phenoxy) is 2. The van der Waals surface area contributed by atoms with E-state index in [0.29, 0.717) is 24.6 Å². The summed E-state index contributed by atoms with van der Waals surface area (Å²) in [6, 6.07) is 24.0. The molecule has 0 aliphatic carbocycles. The lowest BCUT2D eigenvalue weighted by Gasteiger charge is -2.32. The molecule has 2 amide bonds. The molecule has 0 radical (unpaired) electrons. The van der Waals surface area contributed by atoms with Gasteiger partial charge in [0.25, 0.3) is 0 Å². The zero-order valence-electron chi connectivity index (χ0n) is 21.4. The van der Waals surface area contributed by atoms with E-state index in [9.17, 15) is 9.59 Å². The molecule has 0 unspecified atom stereocenters. The van der Waals surface area contributed by atoms with Crippen LogP contribution in [-0.2, 0) is 22.6 Å². The lowest BCUT2D eigenvalue weighted by Crippen LogP contribution is -2.44. The Bertz CT molecular complexity index is 1100. The smallest absolute Gasteiger partial charge is 0.247 e. The fourth-order valence-electron chi connectivity index (χ4n) is 4.16. The predicted molar refractivity (Wildman–Crippen MR) is 142 cm³/mol. The molecule has 190 valence electrons. The topological polar surface area (TPSA) is 67.9 Å². The first kappa shape index (κ1) is 26.8. The maximum Gasteiger partial charge on any atom is 0.247 e. The van der Waals surface area contributed by atoms with Crippen molar-refractivity contribution in [1.29, 1.82) is 0 Å². The van der Waals surface area contributed by atoms with E-state index < -0.39 is 6.04 Å². The molecule has 0 aliphatic rings. The van der Waals surface area contributed by atoms with Crippen molar-refractivity contribution in [3.63, 3.8) is 0 Å². The quantitative estimate of drug-likeness (QED) is 0.331. The third kappa shape index (κ3) is 7.35. The second-order valence-electron chi connectivity index (χ2n) is 8.68. The normalized spacial score (nSPS) is 11.4. The summed E-state index contributed by atoms with van der Waals surface area (Å²) in [5.41, 5.74) is 2.52. The third-order valence-corrected chi connectivity index (χ3v) is 6.07. The molecule has 6 nitrogen and oxygen atoms in total. The highest BCUT2D eigenvalue weighted by atomic mass is 16.5. The van der Waals surface area contributed by atoms with Crippen LogP contribution in [0, 0.1) is 0 Å². The lowest BCUT2D eigenvalue weighted by molar-refractivity contribution is -0.141. The molecule has 0 aliphatic heterocycles. The summed E-state index contributed by atoms with van der Waals surface area (Å²) in [5.74, 6) is 0.840. The largest absolute Gasteiger partial charge is 0.493 e. The molecule has 0 aromatic heterocycles. The van der Waals surface area contributed by atoms with E-state index in [-0.39, 0.29) is 18.2 Å². The van der Waals surface area contributed by atoms with E-state index in [0.717, 1.165) is 36.0 Å². The van der Waals surface area contributed by atoms with Gasteiger partial charge in [-0.25, -0.2) is 0 Å². The number of nitrogens with zero attached hydrogens (tertiary/aromatic N) is 1. The minimum atomic E-state index is -0.749. The van der Waals surface area contributed by atoms with Gasteiger partial charge in [0.05, 0.1) is 20.6 Å². The van der Waals surface area contributed by atoms with Gasteiger partial charge in [0.15, 0.2) is 11.5 Å². The monoisotopic (exact) mass is 488 g/mol. The van der Waals surface area contributed by atoms with Crippen LogP contribution < -0.4 is 14.8 Å². The molecule has 3 aromatic rings. The Balaban J connectivity index is 1.95. The van der Waals surface area contributed by atoms with Crippen LogP contribution in [0.3, 0.4) is 0 Å². The summed E-state index contributed by atoms with van der Waals surface area (Å²) in [5, 5.41) is 3.07. The molecule has 6 heteroatoms. The molecule has 0 spiro atoms. The minimum Gasteiger partial charge on any atom is -0.493 e. The summed E-state index contributed by atoms with van der Waals surface area (Å²) in [7, 11) is 3.15. The Hall–Kier alpha value is -3.80. The van der Waals surface area contributed by atoms with Crippen molar-refractivity contribution in [3.05, 3.63) is 95.6 Å². The van der Waals surface area contributed by atoms with E-state index in [1.54, 1.807) is 31.3 Å².